The molecular formula is C9H11FN6S. The maximum atomic E-state index is 13.5. The number of aryl methyl sites for hydroxylation is 1. The first-order chi connectivity index (χ1) is 8.20. The van der Waals surface area contributed by atoms with E-state index in [1.807, 2.05) is 6.92 Å². The Kier molecular flexibility index (Phi) is 3.52. The molecule has 0 bridgehead atoms. The molecule has 90 valence electrons. The van der Waals surface area contributed by atoms with Crippen LogP contribution in [0.3, 0.4) is 0 Å². The summed E-state index contributed by atoms with van der Waals surface area (Å²) < 4.78 is 15.1. The molecule has 0 saturated heterocycles. The van der Waals surface area contributed by atoms with Crippen molar-refractivity contribution in [2.45, 2.75) is 17.1 Å². The first-order valence-electron chi connectivity index (χ1n) is 4.99. The van der Waals surface area contributed by atoms with Gasteiger partial charge in [-0.05, 0) is 18.7 Å². The van der Waals surface area contributed by atoms with Crippen molar-refractivity contribution in [3.63, 3.8) is 0 Å². The van der Waals surface area contributed by atoms with Crippen LogP contribution in [-0.4, -0.2) is 31.3 Å². The number of hydrogen-bond donors (Lipinski definition) is 1. The summed E-state index contributed by atoms with van der Waals surface area (Å²) in [4.78, 5) is 11.9. The van der Waals surface area contributed by atoms with E-state index >= 15 is 0 Å². The fourth-order valence-electron chi connectivity index (χ4n) is 1.13. The van der Waals surface area contributed by atoms with E-state index in [4.69, 9.17) is 0 Å². The zero-order chi connectivity index (χ0) is 12.3. The Morgan fingerprint density at radius 1 is 1.47 bits per heavy atom. The van der Waals surface area contributed by atoms with Crippen molar-refractivity contribution in [1.29, 1.82) is 0 Å². The Labute approximate surface area is 102 Å². The van der Waals surface area contributed by atoms with Crippen LogP contribution in [-0.2, 0) is 7.05 Å². The summed E-state index contributed by atoms with van der Waals surface area (Å²) >= 11 is 1.11. The number of hydrogen-bond acceptors (Lipinski definition) is 6. The summed E-state index contributed by atoms with van der Waals surface area (Å²) in [6, 6.07) is 0. The van der Waals surface area contributed by atoms with Gasteiger partial charge in [0.1, 0.15) is 11.4 Å². The van der Waals surface area contributed by atoms with E-state index in [2.05, 4.69) is 25.4 Å². The van der Waals surface area contributed by atoms with Gasteiger partial charge in [0.05, 0.1) is 6.20 Å². The molecule has 0 aliphatic carbocycles. The lowest BCUT2D eigenvalue weighted by Gasteiger charge is -2.04. The molecule has 0 unspecified atom stereocenters. The van der Waals surface area contributed by atoms with Crippen molar-refractivity contribution in [3.05, 3.63) is 18.3 Å². The molecule has 0 amide bonds. The average molecular weight is 254 g/mol. The number of nitrogens with zero attached hydrogens (tertiary/aromatic N) is 5. The van der Waals surface area contributed by atoms with Crippen LogP contribution in [0.15, 0.2) is 22.7 Å². The van der Waals surface area contributed by atoms with E-state index in [-0.39, 0.29) is 5.03 Å². The maximum absolute atomic E-state index is 13.5. The first kappa shape index (κ1) is 11.8. The minimum Gasteiger partial charge on any atom is -0.354 e. The van der Waals surface area contributed by atoms with Gasteiger partial charge in [-0.3, -0.25) is 0 Å². The van der Waals surface area contributed by atoms with Gasteiger partial charge in [0.2, 0.25) is 5.95 Å². The second-order valence-corrected chi connectivity index (χ2v) is 4.10. The first-order valence-corrected chi connectivity index (χ1v) is 5.80. The summed E-state index contributed by atoms with van der Waals surface area (Å²) in [5.41, 5.74) is 0. The zero-order valence-corrected chi connectivity index (χ0v) is 10.2. The Balaban J connectivity index is 2.25. The molecule has 2 aromatic rings. The highest BCUT2D eigenvalue weighted by molar-refractivity contribution is 7.99. The second-order valence-electron chi connectivity index (χ2n) is 3.15. The molecule has 0 atom stereocenters. The predicted octanol–water partition coefficient (Wildman–Crippen LogP) is 1.33. The van der Waals surface area contributed by atoms with E-state index in [9.17, 15) is 4.39 Å². The number of nitrogens with one attached hydrogen (secondary N) is 1. The van der Waals surface area contributed by atoms with Crippen molar-refractivity contribution in [1.82, 2.24) is 24.7 Å². The van der Waals surface area contributed by atoms with Gasteiger partial charge >= 0.3 is 0 Å². The highest BCUT2D eigenvalue weighted by Crippen LogP contribution is 2.26. The molecule has 2 heterocycles. The van der Waals surface area contributed by atoms with Crippen molar-refractivity contribution in [2.24, 2.45) is 7.05 Å². The summed E-state index contributed by atoms with van der Waals surface area (Å²) in [5, 5.41) is 7.63. The van der Waals surface area contributed by atoms with Crippen molar-refractivity contribution >= 4 is 17.7 Å². The molecule has 0 spiro atoms. The third kappa shape index (κ3) is 2.70. The third-order valence-corrected chi connectivity index (χ3v) is 2.94. The fourth-order valence-corrected chi connectivity index (χ4v) is 1.87. The van der Waals surface area contributed by atoms with Gasteiger partial charge < -0.3 is 5.32 Å². The quantitative estimate of drug-likeness (QED) is 0.830. The topological polar surface area (TPSA) is 68.5 Å². The molecule has 0 aliphatic heterocycles. The second kappa shape index (κ2) is 5.09. The highest BCUT2D eigenvalue weighted by atomic mass is 32.2. The molecule has 8 heteroatoms. The van der Waals surface area contributed by atoms with E-state index in [1.54, 1.807) is 11.7 Å². The van der Waals surface area contributed by atoms with Crippen LogP contribution in [0.1, 0.15) is 6.92 Å². The lowest BCUT2D eigenvalue weighted by atomic mass is 10.6. The molecule has 0 radical (unpaired) electrons. The van der Waals surface area contributed by atoms with E-state index < -0.39 is 5.82 Å². The molecule has 0 aromatic carbocycles. The minimum absolute atomic E-state index is 0.229. The van der Waals surface area contributed by atoms with Gasteiger partial charge in [-0.1, -0.05) is 0 Å². The molecular weight excluding hydrogens is 243 g/mol. The van der Waals surface area contributed by atoms with E-state index in [0.717, 1.165) is 18.0 Å². The summed E-state index contributed by atoms with van der Waals surface area (Å²) in [7, 11) is 1.74. The number of aromatic nitrogens is 5. The fraction of sp³-hybridized carbons (Fsp3) is 0.333. The average Bonchev–Trinajstić information content (AvgIpc) is 2.70. The molecule has 2 aromatic heterocycles. The van der Waals surface area contributed by atoms with Crippen LogP contribution in [0.4, 0.5) is 10.3 Å². The van der Waals surface area contributed by atoms with Crippen LogP contribution < -0.4 is 5.32 Å². The Hall–Kier alpha value is -1.70. The zero-order valence-electron chi connectivity index (χ0n) is 9.38. The van der Waals surface area contributed by atoms with E-state index in [1.165, 1.54) is 6.33 Å². The number of halogens is 1. The van der Waals surface area contributed by atoms with Gasteiger partial charge in [0, 0.05) is 13.6 Å². The molecule has 2 rings (SSSR count). The summed E-state index contributed by atoms with van der Waals surface area (Å²) in [6.45, 7) is 2.60. The highest BCUT2D eigenvalue weighted by Gasteiger charge is 2.11. The van der Waals surface area contributed by atoms with Gasteiger partial charge in [0.25, 0.3) is 0 Å². The molecule has 17 heavy (non-hydrogen) atoms. The predicted molar refractivity (Wildman–Crippen MR) is 61.3 cm³/mol. The summed E-state index contributed by atoms with van der Waals surface area (Å²) in [5.74, 6) is -0.0711. The Morgan fingerprint density at radius 3 is 2.94 bits per heavy atom. The Bertz CT molecular complexity index is 514. The van der Waals surface area contributed by atoms with Gasteiger partial charge in [-0.25, -0.2) is 24.0 Å². The van der Waals surface area contributed by atoms with Crippen molar-refractivity contribution in [2.75, 3.05) is 11.9 Å². The molecule has 0 fully saturated rings. The molecule has 0 aliphatic rings. The largest absolute Gasteiger partial charge is 0.354 e. The molecule has 6 nitrogen and oxygen atoms in total. The van der Waals surface area contributed by atoms with Crippen LogP contribution in [0, 0.1) is 5.82 Å². The normalized spacial score (nSPS) is 10.5. The SMILES string of the molecule is CCNc1ncc(F)c(Sc2ncnn2C)n1. The lowest BCUT2D eigenvalue weighted by Crippen LogP contribution is -2.04. The number of rotatable bonds is 4. The van der Waals surface area contributed by atoms with Crippen LogP contribution in [0.2, 0.25) is 0 Å². The van der Waals surface area contributed by atoms with E-state index in [0.29, 0.717) is 17.6 Å². The smallest absolute Gasteiger partial charge is 0.223 e. The maximum Gasteiger partial charge on any atom is 0.223 e. The van der Waals surface area contributed by atoms with Crippen LogP contribution >= 0.6 is 11.8 Å². The van der Waals surface area contributed by atoms with Gasteiger partial charge in [-0.15, -0.1) is 0 Å². The molecule has 1 N–H and O–H groups in total. The summed E-state index contributed by atoms with van der Waals surface area (Å²) in [6.07, 6.45) is 2.55. The minimum atomic E-state index is -0.473. The van der Waals surface area contributed by atoms with Gasteiger partial charge in [-0.2, -0.15) is 5.10 Å². The van der Waals surface area contributed by atoms with Crippen molar-refractivity contribution in [3.8, 4) is 0 Å². The number of anilines is 1. The molecule has 0 saturated carbocycles. The monoisotopic (exact) mass is 254 g/mol. The lowest BCUT2D eigenvalue weighted by molar-refractivity contribution is 0.578. The Morgan fingerprint density at radius 2 is 2.29 bits per heavy atom. The standard InChI is InChI=1S/C9H11FN6S/c1-3-11-8-12-4-6(10)7(15-8)17-9-13-5-14-16(9)2/h4-5H,3H2,1-2H3,(H,11,12,15). The van der Waals surface area contributed by atoms with Crippen LogP contribution in [0.5, 0.6) is 0 Å². The third-order valence-electron chi connectivity index (χ3n) is 1.90. The van der Waals surface area contributed by atoms with Crippen molar-refractivity contribution < 1.29 is 4.39 Å². The van der Waals surface area contributed by atoms with Gasteiger partial charge in [0.15, 0.2) is 11.0 Å². The van der Waals surface area contributed by atoms with Crippen LogP contribution in [0.25, 0.3) is 0 Å².